The third-order valence-electron chi connectivity index (χ3n) is 8.43. The number of rotatable bonds is 11. The van der Waals surface area contributed by atoms with Gasteiger partial charge >= 0.3 is 6.09 Å². The Bertz CT molecular complexity index is 1250. The number of aliphatic hydroxyl groups excluding tert-OH is 1. The molecule has 10 heteroatoms. The van der Waals surface area contributed by atoms with Crippen molar-refractivity contribution >= 4 is 28.8 Å². The Kier molecular flexibility index (Phi) is 11.2. The first-order valence-electron chi connectivity index (χ1n) is 15.9. The first-order chi connectivity index (χ1) is 20.5. The maximum absolute atomic E-state index is 14.6. The summed E-state index contributed by atoms with van der Waals surface area (Å²) in [6.07, 6.45) is 2.90. The second kappa shape index (κ2) is 14.7. The summed E-state index contributed by atoms with van der Waals surface area (Å²) in [6.45, 7) is 13.1. The normalized spacial score (nSPS) is 20.4. The number of imidazole rings is 1. The van der Waals surface area contributed by atoms with Gasteiger partial charge in [0.05, 0.1) is 30.2 Å². The molecule has 2 saturated heterocycles. The zero-order valence-corrected chi connectivity index (χ0v) is 26.6. The van der Waals surface area contributed by atoms with Gasteiger partial charge in [-0.05, 0) is 70.4 Å². The molecule has 43 heavy (non-hydrogen) atoms. The lowest BCUT2D eigenvalue weighted by atomic mass is 9.75. The molecular formula is C33H50N4O6. The van der Waals surface area contributed by atoms with Crippen molar-refractivity contribution in [3.63, 3.8) is 0 Å². The number of fused-ring (bicyclic) bond motifs is 1. The van der Waals surface area contributed by atoms with Gasteiger partial charge in [0.1, 0.15) is 5.60 Å². The standard InChI is InChI=1S/C33H50N4O6/c1-23(2)12-13-26(29(39)30-34-27-10-6-7-11-28(27)37(30)14-8-9-17-38)24-20-25(31(40)35-15-18-42-19-16-35)22-36(21-24)32(41)43-33(3,4)5/h6-7,10-11,23-26,38H,8-9,12-22H2,1-5H3. The molecule has 0 bridgehead atoms. The van der Waals surface area contributed by atoms with E-state index in [1.54, 1.807) is 4.90 Å². The lowest BCUT2D eigenvalue weighted by molar-refractivity contribution is -0.142. The van der Waals surface area contributed by atoms with E-state index in [1.165, 1.54) is 0 Å². The number of piperidine rings is 1. The Morgan fingerprint density at radius 3 is 2.44 bits per heavy atom. The Hall–Kier alpha value is -2.98. The number of benzene rings is 1. The number of morpholine rings is 1. The summed E-state index contributed by atoms with van der Waals surface area (Å²) in [5.41, 5.74) is 0.975. The minimum absolute atomic E-state index is 0.00728. The van der Waals surface area contributed by atoms with Gasteiger partial charge in [-0.3, -0.25) is 9.59 Å². The number of aromatic nitrogens is 2. The zero-order valence-electron chi connectivity index (χ0n) is 26.6. The van der Waals surface area contributed by atoms with Crippen LogP contribution in [0, 0.1) is 23.7 Å². The minimum Gasteiger partial charge on any atom is -0.444 e. The van der Waals surface area contributed by atoms with E-state index in [9.17, 15) is 19.5 Å². The van der Waals surface area contributed by atoms with Gasteiger partial charge in [-0.15, -0.1) is 0 Å². The van der Waals surface area contributed by atoms with Crippen molar-refractivity contribution in [2.45, 2.75) is 78.9 Å². The number of hydrogen-bond donors (Lipinski definition) is 1. The second-order valence-electron chi connectivity index (χ2n) is 13.5. The first kappa shape index (κ1) is 32.9. The summed E-state index contributed by atoms with van der Waals surface area (Å²) in [5.74, 6) is -0.313. The van der Waals surface area contributed by atoms with Crippen LogP contribution in [0.4, 0.5) is 4.79 Å². The van der Waals surface area contributed by atoms with Gasteiger partial charge < -0.3 is 28.9 Å². The molecule has 0 spiro atoms. The van der Waals surface area contributed by atoms with E-state index in [2.05, 4.69) is 13.8 Å². The van der Waals surface area contributed by atoms with Crippen molar-refractivity contribution in [2.24, 2.45) is 23.7 Å². The van der Waals surface area contributed by atoms with E-state index < -0.39 is 23.5 Å². The summed E-state index contributed by atoms with van der Waals surface area (Å²) >= 11 is 0. The summed E-state index contributed by atoms with van der Waals surface area (Å²) in [5, 5.41) is 9.40. The number of carbonyl (C=O) groups excluding carboxylic acids is 3. The van der Waals surface area contributed by atoms with Crippen LogP contribution in [0.5, 0.6) is 0 Å². The molecular weight excluding hydrogens is 548 g/mol. The fourth-order valence-corrected chi connectivity index (χ4v) is 6.26. The number of carbonyl (C=O) groups is 3. The molecule has 3 atom stereocenters. The lowest BCUT2D eigenvalue weighted by Gasteiger charge is -2.42. The third kappa shape index (κ3) is 8.56. The van der Waals surface area contributed by atoms with E-state index in [0.717, 1.165) is 23.9 Å². The van der Waals surface area contributed by atoms with Crippen molar-refractivity contribution in [1.82, 2.24) is 19.4 Å². The summed E-state index contributed by atoms with van der Waals surface area (Å²) in [4.78, 5) is 50.0. The second-order valence-corrected chi connectivity index (χ2v) is 13.5. The van der Waals surface area contributed by atoms with Crippen LogP contribution in [-0.2, 0) is 20.8 Å². The molecule has 3 unspecified atom stereocenters. The molecule has 2 aromatic rings. The highest BCUT2D eigenvalue weighted by molar-refractivity contribution is 5.98. The first-order valence-corrected chi connectivity index (χ1v) is 15.9. The highest BCUT2D eigenvalue weighted by atomic mass is 16.6. The summed E-state index contributed by atoms with van der Waals surface area (Å²) < 4.78 is 13.2. The van der Waals surface area contributed by atoms with Gasteiger partial charge in [0.2, 0.25) is 11.7 Å². The molecule has 1 aromatic carbocycles. The SMILES string of the molecule is CC(C)CCC(C(=O)c1nc2ccccc2n1CCCCO)C1CC(C(=O)N2CCOCC2)CN(C(=O)OC(C)(C)C)C1. The Labute approximate surface area is 255 Å². The Balaban J connectivity index is 1.69. The molecule has 3 heterocycles. The van der Waals surface area contributed by atoms with Crippen molar-refractivity contribution in [3.05, 3.63) is 30.1 Å². The van der Waals surface area contributed by atoms with Gasteiger partial charge in [0.25, 0.3) is 0 Å². The number of hydrogen-bond acceptors (Lipinski definition) is 7. The maximum atomic E-state index is 14.6. The van der Waals surface area contributed by atoms with Crippen LogP contribution in [0.2, 0.25) is 0 Å². The van der Waals surface area contributed by atoms with Crippen LogP contribution >= 0.6 is 0 Å². The molecule has 0 aliphatic carbocycles. The highest BCUT2D eigenvalue weighted by Crippen LogP contribution is 2.35. The number of amides is 2. The number of aliphatic hydroxyl groups is 1. The van der Waals surface area contributed by atoms with E-state index in [1.807, 2.05) is 54.5 Å². The number of para-hydroxylation sites is 2. The largest absolute Gasteiger partial charge is 0.444 e. The molecule has 238 valence electrons. The molecule has 2 fully saturated rings. The predicted octanol–water partition coefficient (Wildman–Crippen LogP) is 4.78. The molecule has 2 aliphatic heterocycles. The van der Waals surface area contributed by atoms with Crippen LogP contribution in [0.3, 0.4) is 0 Å². The number of ether oxygens (including phenoxy) is 2. The summed E-state index contributed by atoms with van der Waals surface area (Å²) in [7, 11) is 0. The number of ketones is 1. The average Bonchev–Trinajstić information content (AvgIpc) is 3.35. The van der Waals surface area contributed by atoms with Gasteiger partial charge in [0, 0.05) is 45.2 Å². The van der Waals surface area contributed by atoms with Crippen molar-refractivity contribution in [1.29, 1.82) is 0 Å². The number of likely N-dealkylation sites (tertiary alicyclic amines) is 1. The molecule has 1 N–H and O–H groups in total. The van der Waals surface area contributed by atoms with Crippen molar-refractivity contribution in [2.75, 3.05) is 46.0 Å². The Morgan fingerprint density at radius 1 is 1.05 bits per heavy atom. The molecule has 4 rings (SSSR count). The van der Waals surface area contributed by atoms with Gasteiger partial charge in [-0.25, -0.2) is 9.78 Å². The van der Waals surface area contributed by atoms with Crippen LogP contribution in [0.25, 0.3) is 11.0 Å². The predicted molar refractivity (Wildman–Crippen MR) is 165 cm³/mol. The molecule has 0 saturated carbocycles. The summed E-state index contributed by atoms with van der Waals surface area (Å²) in [6, 6.07) is 7.75. The monoisotopic (exact) mass is 598 g/mol. The van der Waals surface area contributed by atoms with E-state index in [-0.39, 0.29) is 30.8 Å². The molecule has 10 nitrogen and oxygen atoms in total. The van der Waals surface area contributed by atoms with Crippen LogP contribution in [0.1, 0.15) is 77.3 Å². The van der Waals surface area contributed by atoms with Gasteiger partial charge in [-0.1, -0.05) is 32.4 Å². The number of unbranched alkanes of at least 4 members (excludes halogenated alkanes) is 1. The van der Waals surface area contributed by atoms with Crippen molar-refractivity contribution in [3.8, 4) is 0 Å². The van der Waals surface area contributed by atoms with Crippen LogP contribution < -0.4 is 0 Å². The Morgan fingerprint density at radius 2 is 1.77 bits per heavy atom. The average molecular weight is 599 g/mol. The van der Waals surface area contributed by atoms with E-state index >= 15 is 0 Å². The van der Waals surface area contributed by atoms with Crippen LogP contribution in [0.15, 0.2) is 24.3 Å². The van der Waals surface area contributed by atoms with Gasteiger partial charge in [-0.2, -0.15) is 0 Å². The zero-order chi connectivity index (χ0) is 31.1. The maximum Gasteiger partial charge on any atom is 0.410 e. The smallest absolute Gasteiger partial charge is 0.410 e. The number of aryl methyl sites for hydroxylation is 1. The molecule has 2 amide bonds. The quantitative estimate of drug-likeness (QED) is 0.293. The van der Waals surface area contributed by atoms with E-state index in [4.69, 9.17) is 14.5 Å². The minimum atomic E-state index is -0.681. The number of Topliss-reactive ketones (excluding diaryl/α,β-unsaturated/α-hetero) is 1. The highest BCUT2D eigenvalue weighted by Gasteiger charge is 2.43. The van der Waals surface area contributed by atoms with E-state index in [0.29, 0.717) is 70.4 Å². The van der Waals surface area contributed by atoms with Crippen LogP contribution in [-0.4, -0.2) is 93.8 Å². The molecule has 1 aromatic heterocycles. The molecule has 2 aliphatic rings. The fourth-order valence-electron chi connectivity index (χ4n) is 6.26. The molecule has 0 radical (unpaired) electrons. The lowest BCUT2D eigenvalue weighted by Crippen LogP contribution is -2.53. The van der Waals surface area contributed by atoms with Crippen molar-refractivity contribution < 1.29 is 29.0 Å². The third-order valence-corrected chi connectivity index (χ3v) is 8.43. The topological polar surface area (TPSA) is 114 Å². The van der Waals surface area contributed by atoms with Gasteiger partial charge in [0.15, 0.2) is 5.82 Å². The number of nitrogens with zero attached hydrogens (tertiary/aromatic N) is 4. The fraction of sp³-hybridized carbons (Fsp3) is 0.697.